The molecule has 0 spiro atoms. The van der Waals surface area contributed by atoms with Gasteiger partial charge in [0, 0.05) is 55.8 Å². The zero-order chi connectivity index (χ0) is 26.1. The van der Waals surface area contributed by atoms with Crippen LogP contribution in [0.25, 0.3) is 0 Å². The van der Waals surface area contributed by atoms with Gasteiger partial charge in [-0.2, -0.15) is 0 Å². The maximum atomic E-state index is 12.6. The predicted octanol–water partition coefficient (Wildman–Crippen LogP) is 4.12. The summed E-state index contributed by atoms with van der Waals surface area (Å²) in [4.78, 5) is 43.0. The minimum atomic E-state index is -0.240. The molecule has 0 aromatic heterocycles. The van der Waals surface area contributed by atoms with Crippen LogP contribution in [0.2, 0.25) is 0 Å². The minimum absolute atomic E-state index is 0.0123. The second-order valence-corrected chi connectivity index (χ2v) is 9.32. The van der Waals surface area contributed by atoms with Crippen molar-refractivity contribution < 1.29 is 14.4 Å². The van der Waals surface area contributed by atoms with E-state index in [1.807, 2.05) is 81.1 Å². The van der Waals surface area contributed by atoms with E-state index in [9.17, 15) is 14.4 Å². The van der Waals surface area contributed by atoms with Crippen LogP contribution in [-0.4, -0.2) is 73.1 Å². The second-order valence-electron chi connectivity index (χ2n) is 9.32. The minimum Gasteiger partial charge on any atom is -0.368 e. The standard InChI is InChI=1S/C27H38N6O3/c1-5-14-28-26(35)33(20(2)3)19-25(34)29-22-10-12-24(13-11-22)31-15-17-32(18-16-31)27(36)30-23-8-6-21(4)7-9-23/h6-13,20H,5,14-19H2,1-4H3,(H,28,35)(H,29,34)(H,30,36). The highest BCUT2D eigenvalue weighted by molar-refractivity contribution is 5.94. The largest absolute Gasteiger partial charge is 0.368 e. The number of aryl methyl sites for hydroxylation is 1. The first-order chi connectivity index (χ1) is 17.3. The first-order valence-electron chi connectivity index (χ1n) is 12.6. The van der Waals surface area contributed by atoms with Gasteiger partial charge < -0.3 is 30.7 Å². The fourth-order valence-electron chi connectivity index (χ4n) is 3.94. The number of nitrogens with zero attached hydrogens (tertiary/aromatic N) is 3. The summed E-state index contributed by atoms with van der Waals surface area (Å²) in [7, 11) is 0. The summed E-state index contributed by atoms with van der Waals surface area (Å²) < 4.78 is 0. The van der Waals surface area contributed by atoms with Gasteiger partial charge in [-0.05, 0) is 63.6 Å². The molecule has 1 saturated heterocycles. The summed E-state index contributed by atoms with van der Waals surface area (Å²) in [5.41, 5.74) is 3.66. The summed E-state index contributed by atoms with van der Waals surface area (Å²) in [5.74, 6) is -0.240. The Labute approximate surface area is 213 Å². The van der Waals surface area contributed by atoms with Gasteiger partial charge in [-0.1, -0.05) is 24.6 Å². The molecule has 0 bridgehead atoms. The molecule has 1 heterocycles. The Hall–Kier alpha value is -3.75. The molecule has 0 radical (unpaired) electrons. The molecule has 194 valence electrons. The summed E-state index contributed by atoms with van der Waals surface area (Å²) in [6, 6.07) is 15.0. The average Bonchev–Trinajstić information content (AvgIpc) is 2.87. The number of hydrogen-bond donors (Lipinski definition) is 3. The van der Waals surface area contributed by atoms with Crippen molar-refractivity contribution in [2.24, 2.45) is 0 Å². The van der Waals surface area contributed by atoms with Crippen LogP contribution in [0.3, 0.4) is 0 Å². The third-order valence-electron chi connectivity index (χ3n) is 6.11. The fraction of sp³-hybridized carbons (Fsp3) is 0.444. The van der Waals surface area contributed by atoms with Crippen molar-refractivity contribution in [1.82, 2.24) is 15.1 Å². The topological polar surface area (TPSA) is 97.0 Å². The van der Waals surface area contributed by atoms with Gasteiger partial charge in [0.1, 0.15) is 6.54 Å². The van der Waals surface area contributed by atoms with Crippen LogP contribution in [0, 0.1) is 6.92 Å². The Bertz CT molecular complexity index is 1010. The third kappa shape index (κ3) is 7.63. The van der Waals surface area contributed by atoms with Crippen molar-refractivity contribution in [3.8, 4) is 0 Å². The van der Waals surface area contributed by atoms with Gasteiger partial charge in [0.2, 0.25) is 5.91 Å². The van der Waals surface area contributed by atoms with Crippen LogP contribution in [0.1, 0.15) is 32.8 Å². The van der Waals surface area contributed by atoms with Gasteiger partial charge in [0.05, 0.1) is 0 Å². The van der Waals surface area contributed by atoms with Crippen molar-refractivity contribution in [3.63, 3.8) is 0 Å². The molecule has 5 amide bonds. The Morgan fingerprint density at radius 2 is 1.47 bits per heavy atom. The van der Waals surface area contributed by atoms with E-state index in [0.29, 0.717) is 25.3 Å². The number of rotatable bonds is 8. The highest BCUT2D eigenvalue weighted by Crippen LogP contribution is 2.20. The first kappa shape index (κ1) is 26.8. The molecular weight excluding hydrogens is 456 g/mol. The number of nitrogens with one attached hydrogen (secondary N) is 3. The molecule has 2 aromatic carbocycles. The lowest BCUT2D eigenvalue weighted by Crippen LogP contribution is -2.50. The number of urea groups is 2. The maximum Gasteiger partial charge on any atom is 0.321 e. The molecule has 0 unspecified atom stereocenters. The van der Waals surface area contributed by atoms with E-state index in [4.69, 9.17) is 0 Å². The van der Waals surface area contributed by atoms with Gasteiger partial charge in [-0.15, -0.1) is 0 Å². The van der Waals surface area contributed by atoms with Gasteiger partial charge in [-0.25, -0.2) is 9.59 Å². The van der Waals surface area contributed by atoms with Gasteiger partial charge in [-0.3, -0.25) is 4.79 Å². The molecule has 1 aliphatic heterocycles. The molecule has 9 nitrogen and oxygen atoms in total. The van der Waals surface area contributed by atoms with Crippen molar-refractivity contribution in [1.29, 1.82) is 0 Å². The van der Waals surface area contributed by atoms with Crippen LogP contribution in [0.15, 0.2) is 48.5 Å². The molecule has 0 saturated carbocycles. The Morgan fingerprint density at radius 3 is 2.06 bits per heavy atom. The molecule has 2 aromatic rings. The van der Waals surface area contributed by atoms with Crippen LogP contribution in [-0.2, 0) is 4.79 Å². The Morgan fingerprint density at radius 1 is 0.889 bits per heavy atom. The normalized spacial score (nSPS) is 13.4. The Balaban J connectivity index is 1.48. The lowest BCUT2D eigenvalue weighted by Gasteiger charge is -2.36. The number of carbonyl (C=O) groups excluding carboxylic acids is 3. The van der Waals surface area contributed by atoms with E-state index < -0.39 is 0 Å². The summed E-state index contributed by atoms with van der Waals surface area (Å²) in [6.45, 7) is 11.0. The second kappa shape index (κ2) is 12.8. The molecular formula is C27H38N6O3. The van der Waals surface area contributed by atoms with E-state index in [0.717, 1.165) is 36.4 Å². The molecule has 9 heteroatoms. The van der Waals surface area contributed by atoms with Gasteiger partial charge >= 0.3 is 12.1 Å². The summed E-state index contributed by atoms with van der Waals surface area (Å²) >= 11 is 0. The van der Waals surface area contributed by atoms with Crippen LogP contribution < -0.4 is 20.9 Å². The van der Waals surface area contributed by atoms with Crippen molar-refractivity contribution in [3.05, 3.63) is 54.1 Å². The molecule has 0 aliphatic carbocycles. The van der Waals surface area contributed by atoms with E-state index in [1.54, 1.807) is 0 Å². The molecule has 36 heavy (non-hydrogen) atoms. The summed E-state index contributed by atoms with van der Waals surface area (Å²) in [6.07, 6.45) is 0.839. The SMILES string of the molecule is CCCNC(=O)N(CC(=O)Nc1ccc(N2CCN(C(=O)Nc3ccc(C)cc3)CC2)cc1)C(C)C. The Kier molecular flexibility index (Phi) is 9.55. The number of carbonyl (C=O) groups is 3. The lowest BCUT2D eigenvalue weighted by atomic mass is 10.2. The molecule has 0 atom stereocenters. The number of anilines is 3. The molecule has 3 rings (SSSR count). The number of piperazine rings is 1. The zero-order valence-corrected chi connectivity index (χ0v) is 21.7. The molecule has 1 fully saturated rings. The van der Waals surface area contributed by atoms with Crippen molar-refractivity contribution in [2.45, 2.75) is 40.2 Å². The maximum absolute atomic E-state index is 12.6. The highest BCUT2D eigenvalue weighted by Gasteiger charge is 2.22. The average molecular weight is 495 g/mol. The van der Waals surface area contributed by atoms with Crippen LogP contribution in [0.4, 0.5) is 26.7 Å². The summed E-state index contributed by atoms with van der Waals surface area (Å²) in [5, 5.41) is 8.66. The monoisotopic (exact) mass is 494 g/mol. The quantitative estimate of drug-likeness (QED) is 0.514. The van der Waals surface area contributed by atoms with E-state index in [2.05, 4.69) is 20.9 Å². The van der Waals surface area contributed by atoms with Crippen molar-refractivity contribution >= 4 is 35.0 Å². The van der Waals surface area contributed by atoms with Crippen LogP contribution >= 0.6 is 0 Å². The van der Waals surface area contributed by atoms with Gasteiger partial charge in [0.15, 0.2) is 0 Å². The predicted molar refractivity (Wildman–Crippen MR) is 145 cm³/mol. The van der Waals surface area contributed by atoms with E-state index in [-0.39, 0.29) is 30.6 Å². The van der Waals surface area contributed by atoms with Gasteiger partial charge in [0.25, 0.3) is 0 Å². The first-order valence-corrected chi connectivity index (χ1v) is 12.6. The van der Waals surface area contributed by atoms with Crippen LogP contribution in [0.5, 0.6) is 0 Å². The number of hydrogen-bond acceptors (Lipinski definition) is 4. The molecule has 3 N–H and O–H groups in total. The highest BCUT2D eigenvalue weighted by atomic mass is 16.2. The zero-order valence-electron chi connectivity index (χ0n) is 21.7. The number of benzene rings is 2. The number of amides is 5. The third-order valence-corrected chi connectivity index (χ3v) is 6.11. The van der Waals surface area contributed by atoms with E-state index >= 15 is 0 Å². The molecule has 1 aliphatic rings. The van der Waals surface area contributed by atoms with Crippen molar-refractivity contribution in [2.75, 3.05) is 54.8 Å². The smallest absolute Gasteiger partial charge is 0.321 e. The van der Waals surface area contributed by atoms with E-state index in [1.165, 1.54) is 4.90 Å². The fourth-order valence-corrected chi connectivity index (χ4v) is 3.94. The lowest BCUT2D eigenvalue weighted by molar-refractivity contribution is -0.117.